The molecule has 21 heteroatoms. The number of carboxylic acid groups (broad SMARTS) is 1. The Labute approximate surface area is 430 Å². The zero-order valence-corrected chi connectivity index (χ0v) is 43.4. The van der Waals surface area contributed by atoms with Crippen molar-refractivity contribution >= 4 is 59.4 Å². The van der Waals surface area contributed by atoms with Gasteiger partial charge in [-0.25, -0.2) is 14.6 Å². The van der Waals surface area contributed by atoms with Crippen molar-refractivity contribution in [1.82, 2.24) is 35.6 Å². The van der Waals surface area contributed by atoms with Crippen LogP contribution in [0.4, 0.5) is 0 Å². The Balaban J connectivity index is 1.66. The molecule has 0 radical (unpaired) electrons. The number of ether oxygens (including phenoxy) is 2. The molecule has 2 fully saturated rings. The van der Waals surface area contributed by atoms with E-state index in [2.05, 4.69) is 20.9 Å². The van der Waals surface area contributed by atoms with Crippen molar-refractivity contribution in [2.24, 2.45) is 23.5 Å². The van der Waals surface area contributed by atoms with Crippen molar-refractivity contribution in [3.8, 4) is 0 Å². The second-order valence-electron chi connectivity index (χ2n) is 19.4. The molecule has 0 bridgehead atoms. The molecule has 2 aliphatic heterocycles. The number of allylic oxidation sites excluding steroid dienone is 1. The van der Waals surface area contributed by atoms with Gasteiger partial charge in [-0.15, -0.1) is 0 Å². The van der Waals surface area contributed by atoms with Gasteiger partial charge in [0, 0.05) is 27.7 Å². The number of nitrogens with one attached hydrogen (secondary N) is 3. The van der Waals surface area contributed by atoms with E-state index in [1.165, 1.54) is 39.3 Å². The highest BCUT2D eigenvalue weighted by Crippen LogP contribution is 2.32. The number of aliphatic carboxylic acids is 1. The second kappa shape index (κ2) is 26.0. The molecule has 400 valence electrons. The number of primary amides is 1. The van der Waals surface area contributed by atoms with Crippen LogP contribution < -0.4 is 21.7 Å². The molecule has 3 heterocycles. The standard InChI is InChI=1S/C53H70N8O13/c1-10-30(4)43-48(66)55-35(26-39(54)62)50(67)61-25-17-22-38(61)47(65)58-41(45(72-9)34-20-15-12-16-21-34)53(71)74-44(37-28-73-49(57-37)31(5)23-24-33-18-13-11-14-19-33)32(6)46(64)56-36(52(69)70)27-40(63)59(7)42(29(2)3)51(68)60(43)8/h11-16,18-21,23-24,28-32,35-36,38,41-45H,10,17,22,25-27H2,1-9H3,(H2,54,62)(H,55,66)(H,56,64)(H,58,65)(H,69,70)/b24-23+/t30-,31-,32+,35-,36+,38-,41-,42+,43-,44+,45+/m0/s1. The van der Waals surface area contributed by atoms with Crippen LogP contribution >= 0.6 is 0 Å². The van der Waals surface area contributed by atoms with Crippen LogP contribution in [-0.2, 0) is 52.6 Å². The highest BCUT2D eigenvalue weighted by molar-refractivity contribution is 5.98. The van der Waals surface area contributed by atoms with E-state index in [1.807, 2.05) is 42.5 Å². The molecule has 0 saturated carbocycles. The normalized spacial score (nSPS) is 25.7. The van der Waals surface area contributed by atoms with E-state index in [1.54, 1.807) is 65.0 Å². The number of esters is 1. The van der Waals surface area contributed by atoms with E-state index in [0.717, 1.165) is 15.4 Å². The molecule has 5 rings (SSSR count). The first-order valence-corrected chi connectivity index (χ1v) is 24.8. The predicted octanol–water partition coefficient (Wildman–Crippen LogP) is 3.26. The van der Waals surface area contributed by atoms with E-state index in [0.29, 0.717) is 18.4 Å². The summed E-state index contributed by atoms with van der Waals surface area (Å²) < 4.78 is 18.0. The number of oxazole rings is 1. The molecule has 3 aromatic rings. The minimum Gasteiger partial charge on any atom is -0.480 e. The molecule has 1 aromatic heterocycles. The predicted molar refractivity (Wildman–Crippen MR) is 269 cm³/mol. The van der Waals surface area contributed by atoms with Crippen LogP contribution in [0.25, 0.3) is 6.08 Å². The molecular weight excluding hydrogens is 957 g/mol. The fourth-order valence-electron chi connectivity index (χ4n) is 9.33. The summed E-state index contributed by atoms with van der Waals surface area (Å²) in [4.78, 5) is 135. The van der Waals surface area contributed by atoms with E-state index >= 15 is 0 Å². The molecular formula is C53H70N8O13. The van der Waals surface area contributed by atoms with E-state index in [-0.39, 0.29) is 24.6 Å². The maximum atomic E-state index is 14.9. The van der Waals surface area contributed by atoms with Crippen LogP contribution in [0.2, 0.25) is 0 Å². The molecule has 0 unspecified atom stereocenters. The largest absolute Gasteiger partial charge is 0.480 e. The van der Waals surface area contributed by atoms with Crippen molar-refractivity contribution in [2.45, 2.75) is 128 Å². The third-order valence-corrected chi connectivity index (χ3v) is 13.7. The van der Waals surface area contributed by atoms with Crippen molar-refractivity contribution < 1.29 is 62.1 Å². The Bertz CT molecular complexity index is 2520. The summed E-state index contributed by atoms with van der Waals surface area (Å²) in [6.45, 7) is 9.96. The van der Waals surface area contributed by atoms with Gasteiger partial charge >= 0.3 is 11.9 Å². The number of nitrogens with two attached hydrogens (primary N) is 1. The first-order valence-electron chi connectivity index (χ1n) is 24.8. The number of amides is 7. The minimum absolute atomic E-state index is 0.00661. The van der Waals surface area contributed by atoms with Gasteiger partial charge in [0.25, 0.3) is 0 Å². The van der Waals surface area contributed by atoms with Crippen LogP contribution in [0.5, 0.6) is 0 Å². The van der Waals surface area contributed by atoms with Gasteiger partial charge in [-0.1, -0.05) is 114 Å². The second-order valence-corrected chi connectivity index (χ2v) is 19.4. The number of likely N-dealkylation sites (N-methyl/N-ethyl adjacent to an activating group) is 2. The highest BCUT2D eigenvalue weighted by atomic mass is 16.6. The summed E-state index contributed by atoms with van der Waals surface area (Å²) in [6.07, 6.45) is 1.24. The van der Waals surface area contributed by atoms with Gasteiger partial charge in [0.15, 0.2) is 12.1 Å². The van der Waals surface area contributed by atoms with Crippen LogP contribution in [0, 0.1) is 17.8 Å². The van der Waals surface area contributed by atoms with Crippen molar-refractivity contribution in [3.63, 3.8) is 0 Å². The smallest absolute Gasteiger partial charge is 0.332 e. The van der Waals surface area contributed by atoms with Crippen molar-refractivity contribution in [2.75, 3.05) is 27.7 Å². The number of rotatable bonds is 13. The summed E-state index contributed by atoms with van der Waals surface area (Å²) in [5.74, 6) is -11.6. The summed E-state index contributed by atoms with van der Waals surface area (Å²) >= 11 is 0. The fourth-order valence-corrected chi connectivity index (χ4v) is 9.33. The molecule has 0 aliphatic carbocycles. The number of carbonyl (C=O) groups excluding carboxylic acids is 8. The van der Waals surface area contributed by atoms with E-state index in [9.17, 15) is 48.3 Å². The Kier molecular flexibility index (Phi) is 20.2. The monoisotopic (exact) mass is 1030 g/mol. The lowest BCUT2D eigenvalue weighted by molar-refractivity contribution is -0.163. The number of cyclic esters (lactones) is 1. The highest BCUT2D eigenvalue weighted by Gasteiger charge is 2.45. The van der Waals surface area contributed by atoms with Gasteiger partial charge in [-0.05, 0) is 42.7 Å². The Morgan fingerprint density at radius 3 is 2.12 bits per heavy atom. The molecule has 7 amide bonds. The van der Waals surface area contributed by atoms with Gasteiger partial charge < -0.3 is 55.4 Å². The van der Waals surface area contributed by atoms with Gasteiger partial charge in [-0.3, -0.25) is 33.6 Å². The number of methoxy groups -OCH3 is 1. The van der Waals surface area contributed by atoms with Crippen LogP contribution in [0.15, 0.2) is 77.4 Å². The molecule has 0 spiro atoms. The maximum absolute atomic E-state index is 14.9. The van der Waals surface area contributed by atoms with Crippen molar-refractivity contribution in [3.05, 3.63) is 95.7 Å². The fraction of sp³-hybridized carbons (Fsp3) is 0.509. The number of carbonyl (C=O) groups is 9. The zero-order valence-electron chi connectivity index (χ0n) is 43.4. The third kappa shape index (κ3) is 14.0. The van der Waals surface area contributed by atoms with Gasteiger partial charge in [-0.2, -0.15) is 0 Å². The Morgan fingerprint density at radius 1 is 0.878 bits per heavy atom. The number of aromatic nitrogens is 1. The van der Waals surface area contributed by atoms with E-state index in [4.69, 9.17) is 19.6 Å². The lowest BCUT2D eigenvalue weighted by atomic mass is 9.93. The number of benzene rings is 2. The quantitative estimate of drug-likeness (QED) is 0.154. The minimum atomic E-state index is -1.87. The van der Waals surface area contributed by atoms with Gasteiger partial charge in [0.05, 0.1) is 24.7 Å². The summed E-state index contributed by atoms with van der Waals surface area (Å²) in [6, 6.07) is 8.86. The van der Waals surface area contributed by atoms with Crippen LogP contribution in [-0.4, -0.2) is 142 Å². The topological polar surface area (TPSA) is 290 Å². The molecule has 74 heavy (non-hydrogen) atoms. The molecule has 21 nitrogen and oxygen atoms in total. The number of hydrogen-bond donors (Lipinski definition) is 5. The molecule has 2 aromatic carbocycles. The average Bonchev–Trinajstić information content (AvgIpc) is 4.08. The third-order valence-electron chi connectivity index (χ3n) is 13.7. The average molecular weight is 1030 g/mol. The first-order chi connectivity index (χ1) is 35.1. The molecule has 11 atom stereocenters. The first kappa shape index (κ1) is 57.5. The SMILES string of the molecule is CC[C@H](C)[C@H]1C(=O)N[C@@H](CC(N)=O)C(=O)N2CCC[C@H]2C(=O)N[C@@H]([C@H](OC)c2ccccc2)C(=O)O[C@@H](c2coc([C@@H](C)/C=C/c3ccccc3)n2)[C@@H](C)C(=O)N[C@@H](C(=O)O)CC(=O)N(C)[C@H](C(C)C)C(=O)N1C. The lowest BCUT2D eigenvalue weighted by Crippen LogP contribution is -2.61. The van der Waals surface area contributed by atoms with Gasteiger partial charge in [0.1, 0.15) is 48.3 Å². The van der Waals surface area contributed by atoms with E-state index < -0.39 is 138 Å². The van der Waals surface area contributed by atoms with Crippen LogP contribution in [0.1, 0.15) is 114 Å². The van der Waals surface area contributed by atoms with Gasteiger partial charge in [0.2, 0.25) is 47.2 Å². The lowest BCUT2D eigenvalue weighted by Gasteiger charge is -2.38. The zero-order chi connectivity index (χ0) is 54.6. The summed E-state index contributed by atoms with van der Waals surface area (Å²) in [5.41, 5.74) is 6.90. The molecule has 2 saturated heterocycles. The summed E-state index contributed by atoms with van der Waals surface area (Å²) in [7, 11) is 3.97. The van der Waals surface area contributed by atoms with Crippen molar-refractivity contribution in [1.29, 1.82) is 0 Å². The Morgan fingerprint density at radius 2 is 1.53 bits per heavy atom. The summed E-state index contributed by atoms with van der Waals surface area (Å²) in [5, 5.41) is 18.2. The maximum Gasteiger partial charge on any atom is 0.332 e. The number of nitrogens with zero attached hydrogens (tertiary/aromatic N) is 4. The number of carboxylic acids is 1. The molecule has 6 N–H and O–H groups in total. The number of fused-ring (bicyclic) bond motifs is 1. The number of hydrogen-bond acceptors (Lipinski definition) is 13. The van der Waals surface area contributed by atoms with Crippen LogP contribution in [0.3, 0.4) is 0 Å². The Hall–Kier alpha value is -7.42. The molecule has 2 aliphatic rings.